The van der Waals surface area contributed by atoms with Gasteiger partial charge >= 0.3 is 35.5 Å². The Balaban J connectivity index is 0. The van der Waals surface area contributed by atoms with E-state index in [0.717, 1.165) is 0 Å². The molecule has 3 nitrogen and oxygen atoms in total. The van der Waals surface area contributed by atoms with Crippen LogP contribution in [0.1, 0.15) is 19.8 Å². The average Bonchev–Trinajstić information content (AvgIpc) is 1.61. The van der Waals surface area contributed by atoms with E-state index in [2.05, 4.69) is 0 Å². The van der Waals surface area contributed by atoms with Gasteiger partial charge in [-0.05, 0) is 6.92 Å². The molecule has 0 saturated heterocycles. The van der Waals surface area contributed by atoms with Crippen LogP contribution in [0.25, 0.3) is 0 Å². The van der Waals surface area contributed by atoms with Crippen LogP contribution in [0.15, 0.2) is 0 Å². The quantitative estimate of drug-likeness (QED) is 0.552. The predicted octanol–water partition coefficient (Wildman–Crippen LogP) is -0.208. The maximum atomic E-state index is 10.1. The summed E-state index contributed by atoms with van der Waals surface area (Å²) in [5.74, 6) is -0.993. The van der Waals surface area contributed by atoms with Crippen molar-refractivity contribution in [3.05, 3.63) is 0 Å². The molecule has 0 bridgehead atoms. The van der Waals surface area contributed by atoms with E-state index in [1.807, 2.05) is 0 Å². The third-order valence-corrected chi connectivity index (χ3v) is 0.691. The number of hydrogen-bond donors (Lipinski definition) is 1. The number of rotatable bonds is 3. The van der Waals surface area contributed by atoms with Gasteiger partial charge in [-0.1, -0.05) is 0 Å². The van der Waals surface area contributed by atoms with Gasteiger partial charge in [0.15, 0.2) is 0 Å². The van der Waals surface area contributed by atoms with Crippen LogP contribution in [-0.4, -0.2) is 46.4 Å². The summed E-state index contributed by atoms with van der Waals surface area (Å²) < 4.78 is 0. The van der Waals surface area contributed by atoms with Gasteiger partial charge in [-0.15, -0.1) is 0 Å². The monoisotopic (exact) mass is 140 g/mol. The molecule has 0 aromatic rings. The van der Waals surface area contributed by atoms with Crippen LogP contribution in [0.3, 0.4) is 0 Å². The first-order chi connectivity index (χ1) is 3.63. The Kier molecular flexibility index (Phi) is 8.27. The Labute approximate surface area is 75.7 Å². The van der Waals surface area contributed by atoms with Crippen molar-refractivity contribution in [3.63, 3.8) is 0 Å². The second-order valence-electron chi connectivity index (χ2n) is 1.60. The molecule has 0 aliphatic heterocycles. The van der Waals surface area contributed by atoms with E-state index < -0.39 is 5.97 Å². The van der Waals surface area contributed by atoms with Gasteiger partial charge in [0.05, 0.1) is 6.42 Å². The van der Waals surface area contributed by atoms with Gasteiger partial charge in [-0.3, -0.25) is 4.79 Å². The fourth-order valence-electron chi connectivity index (χ4n) is 0.283. The standard InChI is InChI=1S/C5H8O3.Na.H/c1-4(6)2-3-5(7)8;;/h2-3H2,1H3,(H,7,8);;. The molecule has 4 heteroatoms. The first-order valence-electron chi connectivity index (χ1n) is 2.34. The molecular weight excluding hydrogens is 131 g/mol. The molecule has 0 aromatic heterocycles. The molecule has 0 rings (SSSR count). The molecule has 0 heterocycles. The molecular formula is C5H9NaO3. The van der Waals surface area contributed by atoms with Gasteiger partial charge in [0.2, 0.25) is 0 Å². The molecule has 48 valence electrons. The second kappa shape index (κ2) is 6.26. The summed E-state index contributed by atoms with van der Waals surface area (Å²) in [6.45, 7) is 1.38. The molecule has 0 fully saturated rings. The van der Waals surface area contributed by atoms with Gasteiger partial charge in [-0.25, -0.2) is 0 Å². The Morgan fingerprint density at radius 2 is 1.78 bits per heavy atom. The van der Waals surface area contributed by atoms with E-state index in [4.69, 9.17) is 5.11 Å². The number of aliphatic carboxylic acids is 1. The molecule has 0 aliphatic rings. The summed E-state index contributed by atoms with van der Waals surface area (Å²) in [6.07, 6.45) is 0.102. The van der Waals surface area contributed by atoms with Crippen molar-refractivity contribution in [3.8, 4) is 0 Å². The molecule has 0 aromatic carbocycles. The zero-order valence-electron chi connectivity index (χ0n) is 4.68. The fourth-order valence-corrected chi connectivity index (χ4v) is 0.283. The summed E-state index contributed by atoms with van der Waals surface area (Å²) in [5, 5.41) is 8.01. The topological polar surface area (TPSA) is 54.4 Å². The molecule has 1 N–H and O–H groups in total. The summed E-state index contributed by atoms with van der Waals surface area (Å²) in [4.78, 5) is 19.8. The van der Waals surface area contributed by atoms with Crippen LogP contribution in [-0.2, 0) is 9.59 Å². The first kappa shape index (κ1) is 11.9. The summed E-state index contributed by atoms with van der Waals surface area (Å²) in [5.41, 5.74) is 0. The van der Waals surface area contributed by atoms with Crippen LogP contribution < -0.4 is 0 Å². The van der Waals surface area contributed by atoms with Gasteiger partial charge in [0.1, 0.15) is 5.78 Å². The van der Waals surface area contributed by atoms with Crippen molar-refractivity contribution in [2.75, 3.05) is 0 Å². The van der Waals surface area contributed by atoms with E-state index in [0.29, 0.717) is 0 Å². The van der Waals surface area contributed by atoms with Crippen LogP contribution in [0.4, 0.5) is 0 Å². The van der Waals surface area contributed by atoms with Crippen LogP contribution >= 0.6 is 0 Å². The number of carbonyl (C=O) groups is 2. The van der Waals surface area contributed by atoms with E-state index in [1.54, 1.807) is 0 Å². The van der Waals surface area contributed by atoms with Gasteiger partial charge in [0.25, 0.3) is 0 Å². The third kappa shape index (κ3) is 11.6. The molecule has 0 radical (unpaired) electrons. The van der Waals surface area contributed by atoms with Gasteiger partial charge in [-0.2, -0.15) is 0 Å². The van der Waals surface area contributed by atoms with Crippen molar-refractivity contribution >= 4 is 41.3 Å². The minimum absolute atomic E-state index is 0. The maximum absolute atomic E-state index is 10.1. The Hall–Kier alpha value is 0.140. The molecule has 0 unspecified atom stereocenters. The Morgan fingerprint density at radius 3 is 1.89 bits per heavy atom. The van der Waals surface area contributed by atoms with Crippen LogP contribution in [0.2, 0.25) is 0 Å². The summed E-state index contributed by atoms with van der Waals surface area (Å²) >= 11 is 0. The van der Waals surface area contributed by atoms with Crippen molar-refractivity contribution in [2.45, 2.75) is 19.8 Å². The number of hydrogen-bond acceptors (Lipinski definition) is 2. The Bertz CT molecular complexity index is 96.8. The summed E-state index contributed by atoms with van der Waals surface area (Å²) in [7, 11) is 0. The molecule has 0 atom stereocenters. The third-order valence-electron chi connectivity index (χ3n) is 0.691. The van der Waals surface area contributed by atoms with Crippen molar-refractivity contribution < 1.29 is 14.7 Å². The van der Waals surface area contributed by atoms with Crippen LogP contribution in [0, 0.1) is 0 Å². The number of carboxylic acids is 1. The average molecular weight is 140 g/mol. The van der Waals surface area contributed by atoms with Crippen molar-refractivity contribution in [2.24, 2.45) is 0 Å². The molecule has 0 aliphatic carbocycles. The number of carbonyl (C=O) groups excluding carboxylic acids is 1. The molecule has 0 saturated carbocycles. The SMILES string of the molecule is CC(=O)CCC(=O)O.[NaH]. The van der Waals surface area contributed by atoms with E-state index in [9.17, 15) is 9.59 Å². The first-order valence-corrected chi connectivity index (χ1v) is 2.34. The predicted molar refractivity (Wildman–Crippen MR) is 34.7 cm³/mol. The molecule has 0 amide bonds. The number of carboxylic acid groups (broad SMARTS) is 1. The molecule has 0 spiro atoms. The normalized spacial score (nSPS) is 7.67. The minimum atomic E-state index is -0.916. The second-order valence-corrected chi connectivity index (χ2v) is 1.60. The van der Waals surface area contributed by atoms with Crippen molar-refractivity contribution in [1.82, 2.24) is 0 Å². The summed E-state index contributed by atoms with van der Waals surface area (Å²) in [6, 6.07) is 0. The van der Waals surface area contributed by atoms with Gasteiger partial charge < -0.3 is 9.90 Å². The van der Waals surface area contributed by atoms with Gasteiger partial charge in [0, 0.05) is 6.42 Å². The van der Waals surface area contributed by atoms with E-state index in [-0.39, 0.29) is 48.2 Å². The van der Waals surface area contributed by atoms with Crippen molar-refractivity contribution in [1.29, 1.82) is 0 Å². The zero-order chi connectivity index (χ0) is 6.57. The van der Waals surface area contributed by atoms with E-state index in [1.165, 1.54) is 6.92 Å². The number of Topliss-reactive ketones (excluding diaryl/α,β-unsaturated/α-hetero) is 1. The molecule has 9 heavy (non-hydrogen) atoms. The van der Waals surface area contributed by atoms with E-state index >= 15 is 0 Å². The fraction of sp³-hybridized carbons (Fsp3) is 0.600. The zero-order valence-corrected chi connectivity index (χ0v) is 4.68. The Morgan fingerprint density at radius 1 is 1.33 bits per heavy atom. The number of ketones is 1. The van der Waals surface area contributed by atoms with Crippen LogP contribution in [0.5, 0.6) is 0 Å².